The summed E-state index contributed by atoms with van der Waals surface area (Å²) in [5.74, 6) is 1.29. The Kier molecular flexibility index (Phi) is 5.88. The molecule has 1 heterocycles. The van der Waals surface area contributed by atoms with Gasteiger partial charge < -0.3 is 9.64 Å². The average Bonchev–Trinajstić information content (AvgIpc) is 2.49. The first-order chi connectivity index (χ1) is 10.1. The molecule has 116 valence electrons. The predicted molar refractivity (Wildman–Crippen MR) is 84.8 cm³/mol. The number of hydrogen-bond donors (Lipinski definition) is 0. The third-order valence-electron chi connectivity index (χ3n) is 3.87. The van der Waals surface area contributed by atoms with Gasteiger partial charge in [-0.3, -0.25) is 9.69 Å². The zero-order valence-corrected chi connectivity index (χ0v) is 13.5. The summed E-state index contributed by atoms with van der Waals surface area (Å²) in [6, 6.07) is 7.42. The van der Waals surface area contributed by atoms with Crippen molar-refractivity contribution in [3.63, 3.8) is 0 Å². The van der Waals surface area contributed by atoms with Crippen molar-refractivity contribution in [2.45, 2.75) is 12.8 Å². The minimum atomic E-state index is 0.188. The van der Waals surface area contributed by atoms with Crippen LogP contribution >= 0.6 is 11.6 Å². The van der Waals surface area contributed by atoms with Gasteiger partial charge in [-0.2, -0.15) is 0 Å². The van der Waals surface area contributed by atoms with E-state index >= 15 is 0 Å². The van der Waals surface area contributed by atoms with Crippen molar-refractivity contribution in [2.24, 2.45) is 5.92 Å². The Labute approximate surface area is 131 Å². The lowest BCUT2D eigenvalue weighted by Gasteiger charge is -2.32. The summed E-state index contributed by atoms with van der Waals surface area (Å²) in [6.45, 7) is 3.49. The molecule has 1 aromatic rings. The number of rotatable bonds is 5. The molecule has 0 bridgehead atoms. The second-order valence-electron chi connectivity index (χ2n) is 5.65. The first-order valence-corrected chi connectivity index (χ1v) is 7.76. The minimum Gasteiger partial charge on any atom is -0.492 e. The number of halogens is 1. The van der Waals surface area contributed by atoms with E-state index in [2.05, 4.69) is 4.90 Å². The van der Waals surface area contributed by atoms with Gasteiger partial charge in [0.05, 0.1) is 0 Å². The molecule has 0 atom stereocenters. The molecule has 0 saturated carbocycles. The van der Waals surface area contributed by atoms with E-state index in [0.29, 0.717) is 6.61 Å². The highest BCUT2D eigenvalue weighted by Crippen LogP contribution is 2.19. The highest BCUT2D eigenvalue weighted by Gasteiger charge is 2.25. The summed E-state index contributed by atoms with van der Waals surface area (Å²) in [5.41, 5.74) is 0. The molecule has 2 rings (SSSR count). The molecule has 0 radical (unpaired) electrons. The molecule has 1 saturated heterocycles. The molecule has 1 aliphatic rings. The van der Waals surface area contributed by atoms with E-state index in [1.807, 2.05) is 38.4 Å². The molecule has 21 heavy (non-hydrogen) atoms. The van der Waals surface area contributed by atoms with Crippen LogP contribution in [0.15, 0.2) is 24.3 Å². The van der Waals surface area contributed by atoms with Crippen LogP contribution in [0.25, 0.3) is 0 Å². The van der Waals surface area contributed by atoms with Crippen LogP contribution < -0.4 is 4.74 Å². The number of carbonyl (C=O) groups is 1. The summed E-state index contributed by atoms with van der Waals surface area (Å²) in [6.07, 6.45) is 1.88. The van der Waals surface area contributed by atoms with Gasteiger partial charge in [0.2, 0.25) is 5.91 Å². The van der Waals surface area contributed by atoms with Crippen LogP contribution in [0.2, 0.25) is 5.02 Å². The van der Waals surface area contributed by atoms with Crippen molar-refractivity contribution in [1.82, 2.24) is 9.80 Å². The second kappa shape index (κ2) is 7.66. The zero-order chi connectivity index (χ0) is 15.2. The molecule has 0 N–H and O–H groups in total. The van der Waals surface area contributed by atoms with Gasteiger partial charge in [-0.05, 0) is 50.2 Å². The maximum Gasteiger partial charge on any atom is 0.225 e. The first kappa shape index (κ1) is 16.1. The Morgan fingerprint density at radius 3 is 2.48 bits per heavy atom. The third-order valence-corrected chi connectivity index (χ3v) is 4.12. The number of benzene rings is 1. The van der Waals surface area contributed by atoms with E-state index in [1.54, 1.807) is 4.90 Å². The fourth-order valence-corrected chi connectivity index (χ4v) is 2.72. The standard InChI is InChI=1S/C16H23ClN2O2/c1-18(2)16(20)13-7-9-19(10-8-13)11-12-21-15-5-3-14(17)4-6-15/h3-6,13H,7-12H2,1-2H3. The van der Waals surface area contributed by atoms with Gasteiger partial charge in [-0.15, -0.1) is 0 Å². The number of ether oxygens (including phenoxy) is 1. The molecule has 0 unspecified atom stereocenters. The van der Waals surface area contributed by atoms with Crippen molar-refractivity contribution in [2.75, 3.05) is 40.3 Å². The lowest BCUT2D eigenvalue weighted by atomic mass is 9.95. The van der Waals surface area contributed by atoms with Crippen molar-refractivity contribution in [1.29, 1.82) is 0 Å². The van der Waals surface area contributed by atoms with Crippen LogP contribution in [0.1, 0.15) is 12.8 Å². The normalized spacial score (nSPS) is 16.7. The first-order valence-electron chi connectivity index (χ1n) is 7.38. The minimum absolute atomic E-state index is 0.188. The van der Waals surface area contributed by atoms with Gasteiger partial charge in [0.25, 0.3) is 0 Å². The van der Waals surface area contributed by atoms with E-state index in [1.165, 1.54) is 0 Å². The molecule has 4 nitrogen and oxygen atoms in total. The van der Waals surface area contributed by atoms with Crippen LogP contribution in [0.5, 0.6) is 5.75 Å². The monoisotopic (exact) mass is 310 g/mol. The number of piperidine rings is 1. The Hall–Kier alpha value is -1.26. The third kappa shape index (κ3) is 4.90. The quantitative estimate of drug-likeness (QED) is 0.838. The van der Waals surface area contributed by atoms with Gasteiger partial charge in [-0.25, -0.2) is 0 Å². The Bertz CT molecular complexity index is 454. The fourth-order valence-electron chi connectivity index (χ4n) is 2.59. The molecule has 0 spiro atoms. The molecule has 1 aliphatic heterocycles. The highest BCUT2D eigenvalue weighted by molar-refractivity contribution is 6.30. The van der Waals surface area contributed by atoms with Gasteiger partial charge >= 0.3 is 0 Å². The van der Waals surface area contributed by atoms with Crippen LogP contribution in [0, 0.1) is 5.92 Å². The summed E-state index contributed by atoms with van der Waals surface area (Å²) < 4.78 is 5.70. The fraction of sp³-hybridized carbons (Fsp3) is 0.562. The summed E-state index contributed by atoms with van der Waals surface area (Å²) in [5, 5.41) is 0.718. The average molecular weight is 311 g/mol. The van der Waals surface area contributed by atoms with Crippen LogP contribution in [-0.2, 0) is 4.79 Å². The molecular weight excluding hydrogens is 288 g/mol. The van der Waals surface area contributed by atoms with Crippen molar-refractivity contribution in [3.05, 3.63) is 29.3 Å². The van der Waals surface area contributed by atoms with Crippen LogP contribution in [0.3, 0.4) is 0 Å². The zero-order valence-electron chi connectivity index (χ0n) is 12.7. The summed E-state index contributed by atoms with van der Waals surface area (Å²) in [7, 11) is 3.66. The summed E-state index contributed by atoms with van der Waals surface area (Å²) >= 11 is 5.83. The number of hydrogen-bond acceptors (Lipinski definition) is 3. The molecule has 0 aliphatic carbocycles. The Morgan fingerprint density at radius 1 is 1.29 bits per heavy atom. The molecule has 5 heteroatoms. The number of nitrogens with zero attached hydrogens (tertiary/aromatic N) is 2. The van der Waals surface area contributed by atoms with Crippen LogP contribution in [0.4, 0.5) is 0 Å². The van der Waals surface area contributed by atoms with E-state index in [-0.39, 0.29) is 11.8 Å². The maximum atomic E-state index is 11.9. The second-order valence-corrected chi connectivity index (χ2v) is 6.09. The molecule has 0 aromatic heterocycles. The molecule has 1 amide bonds. The lowest BCUT2D eigenvalue weighted by molar-refractivity contribution is -0.134. The van der Waals surface area contributed by atoms with Gasteiger partial charge in [-0.1, -0.05) is 11.6 Å². The number of likely N-dealkylation sites (tertiary alicyclic amines) is 1. The van der Waals surface area contributed by atoms with Gasteiger partial charge in [0.15, 0.2) is 0 Å². The Balaban J connectivity index is 1.67. The van der Waals surface area contributed by atoms with Crippen LogP contribution in [-0.4, -0.2) is 56.0 Å². The number of carbonyl (C=O) groups excluding carboxylic acids is 1. The largest absolute Gasteiger partial charge is 0.492 e. The van der Waals surface area contributed by atoms with Crippen molar-refractivity contribution in [3.8, 4) is 5.75 Å². The molecule has 1 aromatic carbocycles. The summed E-state index contributed by atoms with van der Waals surface area (Å²) in [4.78, 5) is 16.0. The van der Waals surface area contributed by atoms with Crippen molar-refractivity contribution < 1.29 is 9.53 Å². The van der Waals surface area contributed by atoms with Gasteiger partial charge in [0, 0.05) is 31.6 Å². The SMILES string of the molecule is CN(C)C(=O)C1CCN(CCOc2ccc(Cl)cc2)CC1. The predicted octanol–water partition coefficient (Wildman–Crippen LogP) is 2.52. The van der Waals surface area contributed by atoms with E-state index < -0.39 is 0 Å². The van der Waals surface area contributed by atoms with Crippen molar-refractivity contribution >= 4 is 17.5 Å². The highest BCUT2D eigenvalue weighted by atomic mass is 35.5. The van der Waals surface area contributed by atoms with Gasteiger partial charge in [0.1, 0.15) is 12.4 Å². The molecule has 1 fully saturated rings. The van der Waals surface area contributed by atoms with E-state index in [4.69, 9.17) is 16.3 Å². The maximum absolute atomic E-state index is 11.9. The molecular formula is C16H23ClN2O2. The smallest absolute Gasteiger partial charge is 0.225 e. The van der Waals surface area contributed by atoms with E-state index in [0.717, 1.165) is 43.2 Å². The lowest BCUT2D eigenvalue weighted by Crippen LogP contribution is -2.41. The number of amides is 1. The topological polar surface area (TPSA) is 32.8 Å². The Morgan fingerprint density at radius 2 is 1.90 bits per heavy atom. The van der Waals surface area contributed by atoms with E-state index in [9.17, 15) is 4.79 Å².